The maximum absolute atomic E-state index is 4.61. The highest BCUT2D eigenvalue weighted by molar-refractivity contribution is 6.08. The fourth-order valence-corrected chi connectivity index (χ4v) is 3.54. The summed E-state index contributed by atoms with van der Waals surface area (Å²) in [6.45, 7) is 2.13. The molecule has 2 heteroatoms. The van der Waals surface area contributed by atoms with Crippen molar-refractivity contribution in [1.29, 1.82) is 0 Å². The van der Waals surface area contributed by atoms with E-state index in [9.17, 15) is 0 Å². The van der Waals surface area contributed by atoms with Gasteiger partial charge in [0.2, 0.25) is 0 Å². The van der Waals surface area contributed by atoms with Crippen LogP contribution in [-0.2, 0) is 0 Å². The van der Waals surface area contributed by atoms with E-state index in [4.69, 9.17) is 0 Å². The van der Waals surface area contributed by atoms with Gasteiger partial charge in [0.15, 0.2) is 0 Å². The van der Waals surface area contributed by atoms with Crippen molar-refractivity contribution >= 4 is 32.6 Å². The van der Waals surface area contributed by atoms with Crippen molar-refractivity contribution in [3.63, 3.8) is 0 Å². The van der Waals surface area contributed by atoms with Crippen molar-refractivity contribution in [2.45, 2.75) is 6.92 Å². The molecule has 0 aliphatic carbocycles. The van der Waals surface area contributed by atoms with Crippen molar-refractivity contribution in [3.8, 4) is 11.1 Å². The van der Waals surface area contributed by atoms with E-state index in [0.29, 0.717) is 0 Å². The van der Waals surface area contributed by atoms with Crippen molar-refractivity contribution in [1.82, 2.24) is 9.97 Å². The molecule has 5 rings (SSSR count). The summed E-state index contributed by atoms with van der Waals surface area (Å²) in [7, 11) is 0. The lowest BCUT2D eigenvalue weighted by Gasteiger charge is -2.09. The van der Waals surface area contributed by atoms with Crippen molar-refractivity contribution in [2.75, 3.05) is 0 Å². The normalized spacial score (nSPS) is 11.4. The Labute approximate surface area is 145 Å². The second-order valence-corrected chi connectivity index (χ2v) is 6.46. The molecule has 0 saturated heterocycles. The molecule has 2 nitrogen and oxygen atoms in total. The van der Waals surface area contributed by atoms with Crippen molar-refractivity contribution in [3.05, 3.63) is 84.7 Å². The topological polar surface area (TPSA) is 25.8 Å². The Hall–Kier alpha value is -3.26. The first kappa shape index (κ1) is 14.1. The second kappa shape index (κ2) is 5.38. The first-order valence-corrected chi connectivity index (χ1v) is 8.43. The summed E-state index contributed by atoms with van der Waals surface area (Å²) >= 11 is 0. The fourth-order valence-electron chi connectivity index (χ4n) is 3.54. The largest absolute Gasteiger partial charge is 0.254 e. The molecule has 0 aliphatic heterocycles. The van der Waals surface area contributed by atoms with Crippen LogP contribution in [0.2, 0.25) is 0 Å². The summed E-state index contributed by atoms with van der Waals surface area (Å²) in [6.07, 6.45) is 3.71. The van der Waals surface area contributed by atoms with Crippen LogP contribution in [0.5, 0.6) is 0 Å². The minimum Gasteiger partial charge on any atom is -0.254 e. The summed E-state index contributed by atoms with van der Waals surface area (Å²) in [6, 6.07) is 23.6. The minimum absolute atomic E-state index is 0.957. The third-order valence-electron chi connectivity index (χ3n) is 4.79. The highest BCUT2D eigenvalue weighted by atomic mass is 14.7. The lowest BCUT2D eigenvalue weighted by atomic mass is 9.97. The average molecular weight is 320 g/mol. The fraction of sp³-hybridized carbons (Fsp3) is 0.0435. The van der Waals surface area contributed by atoms with Crippen LogP contribution in [0.1, 0.15) is 5.56 Å². The molecule has 0 bridgehead atoms. The van der Waals surface area contributed by atoms with E-state index in [1.54, 1.807) is 0 Å². The van der Waals surface area contributed by atoms with Crippen LogP contribution in [-0.4, -0.2) is 9.97 Å². The molecule has 0 atom stereocenters. The molecule has 0 saturated carbocycles. The number of aromatic nitrogens is 2. The third-order valence-corrected chi connectivity index (χ3v) is 4.79. The van der Waals surface area contributed by atoms with Gasteiger partial charge in [-0.25, -0.2) is 0 Å². The number of rotatable bonds is 1. The number of pyridine rings is 2. The molecular weight excluding hydrogens is 304 g/mol. The molecule has 0 radical (unpaired) electrons. The molecule has 3 aromatic carbocycles. The van der Waals surface area contributed by atoms with E-state index in [2.05, 4.69) is 77.6 Å². The molecule has 118 valence electrons. The summed E-state index contributed by atoms with van der Waals surface area (Å²) < 4.78 is 0. The minimum atomic E-state index is 0.957. The smallest absolute Gasteiger partial charge is 0.0970 e. The van der Waals surface area contributed by atoms with Crippen LogP contribution >= 0.6 is 0 Å². The number of hydrogen-bond donors (Lipinski definition) is 0. The van der Waals surface area contributed by atoms with E-state index in [1.165, 1.54) is 27.5 Å². The van der Waals surface area contributed by atoms with Crippen LogP contribution < -0.4 is 0 Å². The third kappa shape index (κ3) is 2.26. The van der Waals surface area contributed by atoms with E-state index in [-0.39, 0.29) is 0 Å². The van der Waals surface area contributed by atoms with Crippen molar-refractivity contribution in [2.24, 2.45) is 0 Å². The lowest BCUT2D eigenvalue weighted by molar-refractivity contribution is 1.37. The first-order chi connectivity index (χ1) is 12.3. The van der Waals surface area contributed by atoms with Gasteiger partial charge in [-0.05, 0) is 47.0 Å². The number of fused-ring (bicyclic) bond motifs is 4. The predicted octanol–water partition coefficient (Wildman–Crippen LogP) is 5.91. The van der Waals surface area contributed by atoms with Crippen LogP contribution in [0.25, 0.3) is 43.7 Å². The molecule has 0 N–H and O–H groups in total. The van der Waals surface area contributed by atoms with Gasteiger partial charge < -0.3 is 0 Å². The highest BCUT2D eigenvalue weighted by Gasteiger charge is 2.09. The number of benzene rings is 3. The number of nitrogens with zero attached hydrogens (tertiary/aromatic N) is 2. The van der Waals surface area contributed by atoms with E-state index < -0.39 is 0 Å². The number of aryl methyl sites for hydroxylation is 1. The standard InChI is InChI=1S/C23H16N2/c1-15-4-5-18-14-19(7-6-17(18)13-15)20-10-12-25-23-21(20)9-8-16-3-2-11-24-22(16)23/h2-14H,1H3. The van der Waals surface area contributed by atoms with Gasteiger partial charge in [-0.15, -0.1) is 0 Å². The van der Waals surface area contributed by atoms with E-state index in [1.807, 2.05) is 18.5 Å². The van der Waals surface area contributed by atoms with Crippen LogP contribution in [0.3, 0.4) is 0 Å². The lowest BCUT2D eigenvalue weighted by Crippen LogP contribution is -1.88. The molecule has 0 aliphatic rings. The zero-order valence-electron chi connectivity index (χ0n) is 13.9. The van der Waals surface area contributed by atoms with Gasteiger partial charge in [0, 0.05) is 23.2 Å². The Bertz CT molecular complexity index is 1260. The Kier molecular flexibility index (Phi) is 3.04. The molecule has 2 heterocycles. The van der Waals surface area contributed by atoms with E-state index in [0.717, 1.165) is 21.8 Å². The molecule has 25 heavy (non-hydrogen) atoms. The molecule has 5 aromatic rings. The van der Waals surface area contributed by atoms with Gasteiger partial charge in [-0.2, -0.15) is 0 Å². The number of hydrogen-bond acceptors (Lipinski definition) is 2. The Morgan fingerprint density at radius 3 is 2.40 bits per heavy atom. The monoisotopic (exact) mass is 320 g/mol. The van der Waals surface area contributed by atoms with Gasteiger partial charge in [0.25, 0.3) is 0 Å². The van der Waals surface area contributed by atoms with Gasteiger partial charge in [0.1, 0.15) is 0 Å². The Morgan fingerprint density at radius 2 is 1.44 bits per heavy atom. The summed E-state index contributed by atoms with van der Waals surface area (Å²) in [4.78, 5) is 9.15. The molecule has 0 amide bonds. The molecule has 0 fully saturated rings. The summed E-state index contributed by atoms with van der Waals surface area (Å²) in [5, 5.41) is 4.79. The molecule has 0 unspecified atom stereocenters. The molecule has 2 aromatic heterocycles. The quantitative estimate of drug-likeness (QED) is 0.359. The second-order valence-electron chi connectivity index (χ2n) is 6.46. The summed E-state index contributed by atoms with van der Waals surface area (Å²) in [5.74, 6) is 0. The zero-order valence-corrected chi connectivity index (χ0v) is 13.9. The predicted molar refractivity (Wildman–Crippen MR) is 105 cm³/mol. The summed E-state index contributed by atoms with van der Waals surface area (Å²) in [5.41, 5.74) is 5.60. The first-order valence-electron chi connectivity index (χ1n) is 8.43. The Morgan fingerprint density at radius 1 is 0.640 bits per heavy atom. The van der Waals surface area contributed by atoms with Gasteiger partial charge in [0.05, 0.1) is 11.0 Å². The molecule has 0 spiro atoms. The van der Waals surface area contributed by atoms with Gasteiger partial charge >= 0.3 is 0 Å². The SMILES string of the molecule is Cc1ccc2cc(-c3ccnc4c3ccc3cccnc34)ccc2c1. The van der Waals surface area contributed by atoms with Crippen LogP contribution in [0, 0.1) is 6.92 Å². The Balaban J connectivity index is 1.80. The highest BCUT2D eigenvalue weighted by Crippen LogP contribution is 2.32. The maximum Gasteiger partial charge on any atom is 0.0970 e. The zero-order chi connectivity index (χ0) is 16.8. The van der Waals surface area contributed by atoms with Crippen molar-refractivity contribution < 1.29 is 0 Å². The van der Waals surface area contributed by atoms with Crippen LogP contribution in [0.4, 0.5) is 0 Å². The van der Waals surface area contributed by atoms with Gasteiger partial charge in [-0.3, -0.25) is 9.97 Å². The van der Waals surface area contributed by atoms with E-state index >= 15 is 0 Å². The molecular formula is C23H16N2. The van der Waals surface area contributed by atoms with Crippen LogP contribution in [0.15, 0.2) is 79.1 Å². The average Bonchev–Trinajstić information content (AvgIpc) is 2.67. The maximum atomic E-state index is 4.61. The van der Waals surface area contributed by atoms with Gasteiger partial charge in [-0.1, -0.05) is 54.1 Å².